The van der Waals surface area contributed by atoms with Crippen LogP contribution in [0.5, 0.6) is 0 Å². The molecule has 1 heteroatoms. The first kappa shape index (κ1) is 25.1. The maximum absolute atomic E-state index is 2.52. The Balaban J connectivity index is 1.27. The Morgan fingerprint density at radius 1 is 0.277 bits per heavy atom. The molecule has 0 atom stereocenters. The largest absolute Gasteiger partial charge is 0.308 e. The smallest absolute Gasteiger partial charge is 0.0620 e. The minimum absolute atomic E-state index is 1.25. The standard InChI is InChI=1S/C46H27N/c1-3-14-30-28(12-1)26-40(34-18-7-5-16-32(30)34)36-20-10-24-42-44(36)38-22-9-23-39-45-37(21-11-25-43(45)47(42)46(38)39)41-27-29-13-2-4-15-31(29)33-17-6-8-19-35(33)41/h1-27H. The van der Waals surface area contributed by atoms with Crippen molar-refractivity contribution in [1.29, 1.82) is 0 Å². The lowest BCUT2D eigenvalue weighted by Crippen LogP contribution is -1.88. The minimum Gasteiger partial charge on any atom is -0.308 e. The van der Waals surface area contributed by atoms with E-state index in [1.165, 1.54) is 103 Å². The molecule has 2 aromatic heterocycles. The molecule has 9 aromatic carbocycles. The molecule has 11 aromatic rings. The van der Waals surface area contributed by atoms with Gasteiger partial charge in [0.25, 0.3) is 0 Å². The third-order valence-electron chi connectivity index (χ3n) is 10.5. The molecule has 47 heavy (non-hydrogen) atoms. The summed E-state index contributed by atoms with van der Waals surface area (Å²) in [7, 11) is 0. The zero-order chi connectivity index (χ0) is 30.6. The van der Waals surface area contributed by atoms with E-state index in [0.717, 1.165) is 0 Å². The summed E-state index contributed by atoms with van der Waals surface area (Å²) in [5.41, 5.74) is 8.93. The van der Waals surface area contributed by atoms with Gasteiger partial charge >= 0.3 is 0 Å². The minimum atomic E-state index is 1.25. The molecule has 0 fully saturated rings. The first-order chi connectivity index (χ1) is 23.3. The fourth-order valence-electron chi connectivity index (χ4n) is 8.58. The predicted octanol–water partition coefficient (Wildman–Crippen LogP) is 12.8. The highest BCUT2D eigenvalue weighted by molar-refractivity contribution is 6.30. The second-order valence-electron chi connectivity index (χ2n) is 12.8. The molecule has 0 amide bonds. The van der Waals surface area contributed by atoms with Crippen molar-refractivity contribution in [3.05, 3.63) is 164 Å². The Hall–Kier alpha value is -6.18. The average molecular weight is 594 g/mol. The van der Waals surface area contributed by atoms with Gasteiger partial charge in [0.05, 0.1) is 16.6 Å². The lowest BCUT2D eigenvalue weighted by molar-refractivity contribution is 1.37. The van der Waals surface area contributed by atoms with Crippen molar-refractivity contribution in [3.8, 4) is 22.3 Å². The van der Waals surface area contributed by atoms with E-state index in [9.17, 15) is 0 Å². The van der Waals surface area contributed by atoms with Crippen molar-refractivity contribution in [2.75, 3.05) is 0 Å². The molecule has 11 rings (SSSR count). The van der Waals surface area contributed by atoms with Crippen LogP contribution in [-0.2, 0) is 0 Å². The van der Waals surface area contributed by atoms with Gasteiger partial charge in [-0.1, -0.05) is 140 Å². The summed E-state index contributed by atoms with van der Waals surface area (Å²) in [5, 5.41) is 15.6. The van der Waals surface area contributed by atoms with Crippen LogP contribution in [0.4, 0.5) is 0 Å². The number of nitrogens with zero attached hydrogens (tertiary/aromatic N) is 1. The summed E-state index contributed by atoms with van der Waals surface area (Å²) in [5.74, 6) is 0. The highest BCUT2D eigenvalue weighted by Gasteiger charge is 2.23. The number of para-hydroxylation sites is 1. The van der Waals surface area contributed by atoms with Gasteiger partial charge in [-0.15, -0.1) is 0 Å². The number of hydrogen-bond acceptors (Lipinski definition) is 0. The number of benzene rings is 9. The van der Waals surface area contributed by atoms with E-state index in [2.05, 4.69) is 168 Å². The third kappa shape index (κ3) is 3.28. The summed E-state index contributed by atoms with van der Waals surface area (Å²) in [6, 6.07) is 60.7. The Morgan fingerprint density at radius 3 is 1.15 bits per heavy atom. The molecule has 0 N–H and O–H groups in total. The number of hydrogen-bond donors (Lipinski definition) is 0. The molecule has 1 nitrogen and oxygen atoms in total. The molecule has 0 aliphatic rings. The van der Waals surface area contributed by atoms with Crippen LogP contribution < -0.4 is 0 Å². The maximum atomic E-state index is 2.52. The van der Waals surface area contributed by atoms with E-state index in [0.29, 0.717) is 0 Å². The van der Waals surface area contributed by atoms with Gasteiger partial charge in [-0.25, -0.2) is 0 Å². The van der Waals surface area contributed by atoms with Crippen molar-refractivity contribution >= 4 is 81.2 Å². The van der Waals surface area contributed by atoms with Gasteiger partial charge in [-0.3, -0.25) is 0 Å². The van der Waals surface area contributed by atoms with E-state index in [1.807, 2.05) is 0 Å². The summed E-state index contributed by atoms with van der Waals surface area (Å²) in [4.78, 5) is 0. The van der Waals surface area contributed by atoms with Crippen LogP contribution in [0.25, 0.3) is 103 Å². The number of fused-ring (bicyclic) bond motifs is 12. The average Bonchev–Trinajstić information content (AvgIpc) is 3.67. The monoisotopic (exact) mass is 593 g/mol. The molecule has 0 saturated carbocycles. The molecule has 0 saturated heterocycles. The zero-order valence-corrected chi connectivity index (χ0v) is 25.5. The van der Waals surface area contributed by atoms with Crippen LogP contribution in [-0.4, -0.2) is 4.40 Å². The van der Waals surface area contributed by atoms with Gasteiger partial charge in [-0.2, -0.15) is 0 Å². The molecular weight excluding hydrogens is 567 g/mol. The molecule has 2 heterocycles. The van der Waals surface area contributed by atoms with Crippen LogP contribution in [0.2, 0.25) is 0 Å². The van der Waals surface area contributed by atoms with Crippen molar-refractivity contribution in [2.24, 2.45) is 0 Å². The highest BCUT2D eigenvalue weighted by Crippen LogP contribution is 2.47. The fraction of sp³-hybridized carbons (Fsp3) is 0. The summed E-state index contributed by atoms with van der Waals surface area (Å²) in [6.45, 7) is 0. The maximum Gasteiger partial charge on any atom is 0.0620 e. The van der Waals surface area contributed by atoms with Crippen LogP contribution >= 0.6 is 0 Å². The van der Waals surface area contributed by atoms with Gasteiger partial charge in [-0.05, 0) is 89.6 Å². The molecular formula is C46H27N. The first-order valence-corrected chi connectivity index (χ1v) is 16.4. The van der Waals surface area contributed by atoms with E-state index >= 15 is 0 Å². The molecule has 216 valence electrons. The number of aromatic nitrogens is 1. The second kappa shape index (κ2) is 9.19. The highest BCUT2D eigenvalue weighted by atomic mass is 14.9. The molecule has 0 aliphatic heterocycles. The van der Waals surface area contributed by atoms with Gasteiger partial charge in [0, 0.05) is 21.5 Å². The third-order valence-corrected chi connectivity index (χ3v) is 10.5. The Morgan fingerprint density at radius 2 is 0.660 bits per heavy atom. The molecule has 0 bridgehead atoms. The number of rotatable bonds is 2. The van der Waals surface area contributed by atoms with Crippen molar-refractivity contribution < 1.29 is 0 Å². The van der Waals surface area contributed by atoms with Crippen LogP contribution in [0.15, 0.2) is 164 Å². The first-order valence-electron chi connectivity index (χ1n) is 16.4. The lowest BCUT2D eigenvalue weighted by Gasteiger charge is -2.13. The van der Waals surface area contributed by atoms with Crippen molar-refractivity contribution in [1.82, 2.24) is 4.40 Å². The molecule has 0 unspecified atom stereocenters. The Bertz CT molecular complexity index is 2860. The van der Waals surface area contributed by atoms with Crippen molar-refractivity contribution in [2.45, 2.75) is 0 Å². The summed E-state index contributed by atoms with van der Waals surface area (Å²) >= 11 is 0. The fourth-order valence-corrected chi connectivity index (χ4v) is 8.58. The normalized spacial score (nSPS) is 12.3. The zero-order valence-electron chi connectivity index (χ0n) is 25.5. The molecule has 0 radical (unpaired) electrons. The Kier molecular flexibility index (Phi) is 4.90. The van der Waals surface area contributed by atoms with E-state index in [4.69, 9.17) is 0 Å². The van der Waals surface area contributed by atoms with Crippen LogP contribution in [0.1, 0.15) is 0 Å². The topological polar surface area (TPSA) is 4.41 Å². The van der Waals surface area contributed by atoms with E-state index in [1.54, 1.807) is 0 Å². The molecule has 0 spiro atoms. The quantitative estimate of drug-likeness (QED) is 0.176. The summed E-state index contributed by atoms with van der Waals surface area (Å²) < 4.78 is 2.52. The van der Waals surface area contributed by atoms with E-state index < -0.39 is 0 Å². The van der Waals surface area contributed by atoms with Gasteiger partial charge in [0.2, 0.25) is 0 Å². The lowest BCUT2D eigenvalue weighted by atomic mass is 9.90. The van der Waals surface area contributed by atoms with Gasteiger partial charge in [0.15, 0.2) is 0 Å². The molecule has 0 aliphatic carbocycles. The van der Waals surface area contributed by atoms with Gasteiger partial charge in [0.1, 0.15) is 0 Å². The van der Waals surface area contributed by atoms with Gasteiger partial charge < -0.3 is 4.40 Å². The van der Waals surface area contributed by atoms with E-state index in [-0.39, 0.29) is 0 Å². The summed E-state index contributed by atoms with van der Waals surface area (Å²) in [6.07, 6.45) is 0. The van der Waals surface area contributed by atoms with Crippen molar-refractivity contribution in [3.63, 3.8) is 0 Å². The van der Waals surface area contributed by atoms with Crippen LogP contribution in [0, 0.1) is 0 Å². The Labute approximate surface area is 270 Å². The second-order valence-corrected chi connectivity index (χ2v) is 12.8. The van der Waals surface area contributed by atoms with Crippen LogP contribution in [0.3, 0.4) is 0 Å². The SMILES string of the molecule is c1ccc2c(c1)cc(-c1cccc3c1c1cccc4c5c(-c6cc7ccccc7c7ccccc67)cccc5n3c14)c1ccccc12. The predicted molar refractivity (Wildman–Crippen MR) is 202 cm³/mol.